The second kappa shape index (κ2) is 5.57. The minimum Gasteiger partial charge on any atom is -0.485 e. The summed E-state index contributed by atoms with van der Waals surface area (Å²) in [7, 11) is 0. The van der Waals surface area contributed by atoms with Gasteiger partial charge in [-0.2, -0.15) is 10.2 Å². The number of rotatable bonds is 4. The average Bonchev–Trinajstić information content (AvgIpc) is 3.16. The first kappa shape index (κ1) is 13.6. The number of hydrogen-bond acceptors (Lipinski definition) is 5. The predicted octanol–water partition coefficient (Wildman–Crippen LogP) is 3.29. The summed E-state index contributed by atoms with van der Waals surface area (Å²) in [6, 6.07) is 10.1. The summed E-state index contributed by atoms with van der Waals surface area (Å²) < 4.78 is 11.0. The maximum absolute atomic E-state index is 9.41. The van der Waals surface area contributed by atoms with Crippen LogP contribution in [0.25, 0.3) is 0 Å². The van der Waals surface area contributed by atoms with E-state index < -0.39 is 5.41 Å². The van der Waals surface area contributed by atoms with Crippen molar-refractivity contribution in [2.75, 3.05) is 0 Å². The fourth-order valence-electron chi connectivity index (χ4n) is 2.72. The number of nitrogens with zero attached hydrogens (tertiary/aromatic N) is 3. The molecule has 0 radical (unpaired) electrons. The molecule has 0 amide bonds. The van der Waals surface area contributed by atoms with E-state index in [-0.39, 0.29) is 6.61 Å². The largest absolute Gasteiger partial charge is 0.485 e. The van der Waals surface area contributed by atoms with Crippen LogP contribution in [0, 0.1) is 18.3 Å². The Balaban J connectivity index is 1.71. The van der Waals surface area contributed by atoms with Crippen LogP contribution in [0.4, 0.5) is 0 Å². The highest BCUT2D eigenvalue weighted by Crippen LogP contribution is 2.39. The third-order valence-corrected chi connectivity index (χ3v) is 4.00. The zero-order valence-electron chi connectivity index (χ0n) is 12.0. The van der Waals surface area contributed by atoms with Crippen LogP contribution in [0.3, 0.4) is 0 Å². The summed E-state index contributed by atoms with van der Waals surface area (Å²) in [4.78, 5) is 4.35. The van der Waals surface area contributed by atoms with Crippen molar-refractivity contribution in [3.8, 4) is 11.8 Å². The van der Waals surface area contributed by atoms with E-state index in [4.69, 9.17) is 9.26 Å². The Morgan fingerprint density at radius 1 is 1.33 bits per heavy atom. The van der Waals surface area contributed by atoms with Crippen LogP contribution in [0.2, 0.25) is 0 Å². The van der Waals surface area contributed by atoms with Crippen molar-refractivity contribution in [1.29, 1.82) is 5.26 Å². The van der Waals surface area contributed by atoms with Crippen LogP contribution < -0.4 is 4.74 Å². The first-order chi connectivity index (χ1) is 10.2. The molecule has 3 rings (SSSR count). The Kier molecular flexibility index (Phi) is 3.61. The van der Waals surface area contributed by atoms with Crippen molar-refractivity contribution in [2.24, 2.45) is 0 Å². The molecule has 1 aliphatic rings. The van der Waals surface area contributed by atoms with E-state index in [0.29, 0.717) is 11.7 Å². The van der Waals surface area contributed by atoms with E-state index in [9.17, 15) is 5.26 Å². The first-order valence-electron chi connectivity index (χ1n) is 7.16. The molecular formula is C16H17N3O2. The quantitative estimate of drug-likeness (QED) is 0.861. The third-order valence-electron chi connectivity index (χ3n) is 4.00. The molecule has 1 saturated carbocycles. The molecule has 1 aromatic heterocycles. The second-order valence-electron chi connectivity index (χ2n) is 5.47. The molecule has 1 heterocycles. The summed E-state index contributed by atoms with van der Waals surface area (Å²) in [6.07, 6.45) is 3.66. The van der Waals surface area contributed by atoms with Gasteiger partial charge in [-0.1, -0.05) is 36.2 Å². The highest BCUT2D eigenvalue weighted by Gasteiger charge is 2.41. The smallest absolute Gasteiger partial charge is 0.247 e. The molecule has 0 atom stereocenters. The van der Waals surface area contributed by atoms with Gasteiger partial charge in [0, 0.05) is 0 Å². The first-order valence-corrected chi connectivity index (χ1v) is 7.16. The third kappa shape index (κ3) is 2.62. The van der Waals surface area contributed by atoms with Gasteiger partial charge in [-0.25, -0.2) is 0 Å². The van der Waals surface area contributed by atoms with E-state index in [1.54, 1.807) is 0 Å². The number of aromatic nitrogens is 2. The number of benzene rings is 1. The Bertz CT molecular complexity index is 666. The van der Waals surface area contributed by atoms with Crippen molar-refractivity contribution in [1.82, 2.24) is 10.1 Å². The van der Waals surface area contributed by atoms with Gasteiger partial charge in [0.05, 0.1) is 6.07 Å². The lowest BCUT2D eigenvalue weighted by Crippen LogP contribution is -2.19. The SMILES string of the molecule is Cc1ccccc1OCc1noc(C2(C#N)CCCC2)n1. The number of para-hydroxylation sites is 1. The summed E-state index contributed by atoms with van der Waals surface area (Å²) in [6.45, 7) is 2.23. The Hall–Kier alpha value is -2.35. The van der Waals surface area contributed by atoms with E-state index in [1.807, 2.05) is 31.2 Å². The topological polar surface area (TPSA) is 71.9 Å². The minimum absolute atomic E-state index is 0.246. The Morgan fingerprint density at radius 2 is 2.10 bits per heavy atom. The molecule has 5 heteroatoms. The van der Waals surface area contributed by atoms with Gasteiger partial charge in [-0.15, -0.1) is 0 Å². The van der Waals surface area contributed by atoms with Gasteiger partial charge in [0.25, 0.3) is 0 Å². The van der Waals surface area contributed by atoms with Crippen LogP contribution in [-0.2, 0) is 12.0 Å². The lowest BCUT2D eigenvalue weighted by atomic mass is 9.88. The summed E-state index contributed by atoms with van der Waals surface area (Å²) in [5.41, 5.74) is 0.471. The molecular weight excluding hydrogens is 266 g/mol. The molecule has 1 aliphatic carbocycles. The fraction of sp³-hybridized carbons (Fsp3) is 0.438. The summed E-state index contributed by atoms with van der Waals surface area (Å²) >= 11 is 0. The molecule has 1 fully saturated rings. The van der Waals surface area contributed by atoms with Crippen LogP contribution in [0.5, 0.6) is 5.75 Å². The number of aryl methyl sites for hydroxylation is 1. The highest BCUT2D eigenvalue weighted by molar-refractivity contribution is 5.31. The van der Waals surface area contributed by atoms with Crippen molar-refractivity contribution in [3.05, 3.63) is 41.5 Å². The molecule has 0 aliphatic heterocycles. The van der Waals surface area contributed by atoms with E-state index in [0.717, 1.165) is 37.0 Å². The van der Waals surface area contributed by atoms with Crippen LogP contribution in [0.15, 0.2) is 28.8 Å². The van der Waals surface area contributed by atoms with Crippen LogP contribution in [-0.4, -0.2) is 10.1 Å². The molecule has 0 saturated heterocycles. The standard InChI is InChI=1S/C16H17N3O2/c1-12-6-2-3-7-13(12)20-10-14-18-15(21-19-14)16(11-17)8-4-5-9-16/h2-3,6-7H,4-5,8-10H2,1H3. The van der Waals surface area contributed by atoms with Crippen LogP contribution in [0.1, 0.15) is 43.0 Å². The highest BCUT2D eigenvalue weighted by atomic mass is 16.5. The van der Waals surface area contributed by atoms with Gasteiger partial charge in [-0.05, 0) is 31.4 Å². The minimum atomic E-state index is -0.589. The van der Waals surface area contributed by atoms with Gasteiger partial charge in [0.15, 0.2) is 6.61 Å². The lowest BCUT2D eigenvalue weighted by Gasteiger charge is -2.13. The van der Waals surface area contributed by atoms with Crippen molar-refractivity contribution >= 4 is 0 Å². The zero-order chi connectivity index (χ0) is 14.7. The Morgan fingerprint density at radius 3 is 2.81 bits per heavy atom. The predicted molar refractivity (Wildman–Crippen MR) is 75.6 cm³/mol. The van der Waals surface area contributed by atoms with Gasteiger partial charge < -0.3 is 9.26 Å². The molecule has 0 spiro atoms. The van der Waals surface area contributed by atoms with Gasteiger partial charge in [-0.3, -0.25) is 0 Å². The normalized spacial score (nSPS) is 16.6. The van der Waals surface area contributed by atoms with Gasteiger partial charge in [0.2, 0.25) is 11.7 Å². The molecule has 21 heavy (non-hydrogen) atoms. The van der Waals surface area contributed by atoms with Crippen molar-refractivity contribution < 1.29 is 9.26 Å². The maximum atomic E-state index is 9.41. The molecule has 108 valence electrons. The van der Waals surface area contributed by atoms with Gasteiger partial charge in [0.1, 0.15) is 11.2 Å². The summed E-state index contributed by atoms with van der Waals surface area (Å²) in [5, 5.41) is 13.4. The van der Waals surface area contributed by atoms with Gasteiger partial charge >= 0.3 is 0 Å². The average molecular weight is 283 g/mol. The second-order valence-corrected chi connectivity index (χ2v) is 5.47. The zero-order valence-corrected chi connectivity index (χ0v) is 12.0. The molecule has 0 unspecified atom stereocenters. The van der Waals surface area contributed by atoms with E-state index in [2.05, 4.69) is 16.2 Å². The molecule has 2 aromatic rings. The van der Waals surface area contributed by atoms with Crippen molar-refractivity contribution in [3.63, 3.8) is 0 Å². The molecule has 5 nitrogen and oxygen atoms in total. The Labute approximate surface area is 123 Å². The lowest BCUT2D eigenvalue weighted by molar-refractivity contribution is 0.279. The molecule has 1 aromatic carbocycles. The number of hydrogen-bond donors (Lipinski definition) is 0. The number of ether oxygens (including phenoxy) is 1. The summed E-state index contributed by atoms with van der Waals surface area (Å²) in [5.74, 6) is 1.72. The number of nitriles is 1. The van der Waals surface area contributed by atoms with E-state index in [1.165, 1.54) is 0 Å². The fourth-order valence-corrected chi connectivity index (χ4v) is 2.72. The molecule has 0 N–H and O–H groups in total. The van der Waals surface area contributed by atoms with Crippen molar-refractivity contribution in [2.45, 2.75) is 44.6 Å². The van der Waals surface area contributed by atoms with Crippen LogP contribution >= 0.6 is 0 Å². The van der Waals surface area contributed by atoms with E-state index >= 15 is 0 Å². The molecule has 0 bridgehead atoms. The maximum Gasteiger partial charge on any atom is 0.247 e. The monoisotopic (exact) mass is 283 g/mol.